The first kappa shape index (κ1) is 46.3. The van der Waals surface area contributed by atoms with Crippen molar-refractivity contribution in [1.82, 2.24) is 0 Å². The van der Waals surface area contributed by atoms with Crippen LogP contribution in [0.1, 0.15) is 101 Å². The number of ether oxygens (including phenoxy) is 6. The first-order valence-electron chi connectivity index (χ1n) is 18.7. The summed E-state index contributed by atoms with van der Waals surface area (Å²) >= 11 is 0. The second-order valence-corrected chi connectivity index (χ2v) is 12.8. The van der Waals surface area contributed by atoms with Crippen LogP contribution in [0.4, 0.5) is 13.2 Å². The molecule has 58 heavy (non-hydrogen) atoms. The lowest BCUT2D eigenvalue weighted by atomic mass is 10.0. The number of hydrogen-bond donors (Lipinski definition) is 1. The summed E-state index contributed by atoms with van der Waals surface area (Å²) in [5.74, 6) is -4.13. The van der Waals surface area contributed by atoms with Gasteiger partial charge in [0.15, 0.2) is 0 Å². The molecule has 312 valence electrons. The summed E-state index contributed by atoms with van der Waals surface area (Å²) in [6, 6.07) is 13.8. The predicted molar refractivity (Wildman–Crippen MR) is 205 cm³/mol. The zero-order chi connectivity index (χ0) is 42.3. The van der Waals surface area contributed by atoms with E-state index >= 15 is 0 Å². The van der Waals surface area contributed by atoms with Crippen molar-refractivity contribution in [1.29, 1.82) is 0 Å². The van der Waals surface area contributed by atoms with Crippen LogP contribution in [0, 0.1) is 0 Å². The highest BCUT2D eigenvalue weighted by molar-refractivity contribution is 5.97. The zero-order valence-electron chi connectivity index (χ0n) is 32.0. The maximum atomic E-state index is 13.1. The minimum atomic E-state index is -4.47. The van der Waals surface area contributed by atoms with Crippen LogP contribution < -0.4 is 18.9 Å². The molecule has 0 aliphatic rings. The van der Waals surface area contributed by atoms with Gasteiger partial charge in [-0.1, -0.05) is 13.2 Å². The smallest absolute Gasteiger partial charge is 0.389 e. The molecule has 12 nitrogen and oxygen atoms in total. The summed E-state index contributed by atoms with van der Waals surface area (Å²) < 4.78 is 71.3. The fraction of sp³-hybridized carbons (Fsp3) is 0.372. The highest BCUT2D eigenvalue weighted by Crippen LogP contribution is 2.33. The Morgan fingerprint density at radius 3 is 1.43 bits per heavy atom. The van der Waals surface area contributed by atoms with Crippen molar-refractivity contribution in [3.8, 4) is 23.0 Å². The molecule has 0 heterocycles. The lowest BCUT2D eigenvalue weighted by molar-refractivity contribution is -0.138. The standard InChI is InChI=1S/C43H47F3O12/c1-3-38(47)55-26-11-7-5-9-24-53-33-19-15-30(16-20-33)41(51)57-36-29-35(40(49)50)37(28-32(36)14-13-23-43(44,45)46)58-42(52)31-17-21-34(22-18-31)54-25-10-6-8-12-27-56-39(48)4-2/h3-4,15-22,28-29H,1-2,5-14,23-27H2,(H,49,50). The number of hydrogen-bond acceptors (Lipinski definition) is 11. The molecule has 0 bridgehead atoms. The van der Waals surface area contributed by atoms with E-state index in [1.165, 1.54) is 48.5 Å². The number of alkyl halides is 3. The van der Waals surface area contributed by atoms with Crippen LogP contribution in [0.15, 0.2) is 86.0 Å². The van der Waals surface area contributed by atoms with Gasteiger partial charge in [0.25, 0.3) is 0 Å². The van der Waals surface area contributed by atoms with Crippen LogP contribution in [-0.4, -0.2) is 67.6 Å². The monoisotopic (exact) mass is 812 g/mol. The van der Waals surface area contributed by atoms with Gasteiger partial charge in [-0.05, 0) is 130 Å². The van der Waals surface area contributed by atoms with Crippen LogP contribution in [-0.2, 0) is 25.5 Å². The highest BCUT2D eigenvalue weighted by atomic mass is 19.4. The van der Waals surface area contributed by atoms with Crippen molar-refractivity contribution >= 4 is 29.8 Å². The van der Waals surface area contributed by atoms with Crippen molar-refractivity contribution in [2.24, 2.45) is 0 Å². The second kappa shape index (κ2) is 24.5. The van der Waals surface area contributed by atoms with Crippen molar-refractivity contribution < 1.29 is 70.7 Å². The first-order valence-corrected chi connectivity index (χ1v) is 18.7. The number of carbonyl (C=O) groups is 5. The molecule has 1 N–H and O–H groups in total. The predicted octanol–water partition coefficient (Wildman–Crippen LogP) is 9.05. The van der Waals surface area contributed by atoms with Gasteiger partial charge in [0.05, 0.1) is 37.6 Å². The normalized spacial score (nSPS) is 10.9. The molecule has 15 heteroatoms. The molecule has 0 unspecified atom stereocenters. The van der Waals surface area contributed by atoms with Crippen molar-refractivity contribution in [3.63, 3.8) is 0 Å². The van der Waals surface area contributed by atoms with Crippen LogP contribution in [0.5, 0.6) is 23.0 Å². The van der Waals surface area contributed by atoms with Gasteiger partial charge in [0.1, 0.15) is 28.6 Å². The van der Waals surface area contributed by atoms with Crippen molar-refractivity contribution in [3.05, 3.63) is 108 Å². The molecule has 0 aliphatic heterocycles. The Hall–Kier alpha value is -6.12. The van der Waals surface area contributed by atoms with E-state index in [9.17, 15) is 42.3 Å². The Bertz CT molecular complexity index is 1840. The molecule has 0 aliphatic carbocycles. The molecule has 0 aromatic heterocycles. The summed E-state index contributed by atoms with van der Waals surface area (Å²) in [6.07, 6.45) is 2.08. The Morgan fingerprint density at radius 2 is 1.02 bits per heavy atom. The van der Waals surface area contributed by atoms with E-state index in [1.807, 2.05) is 0 Å². The molecule has 0 saturated heterocycles. The largest absolute Gasteiger partial charge is 0.494 e. The number of aryl methyl sites for hydroxylation is 1. The quantitative estimate of drug-likeness (QED) is 0.0355. The van der Waals surface area contributed by atoms with E-state index in [4.69, 9.17) is 28.4 Å². The van der Waals surface area contributed by atoms with E-state index < -0.39 is 60.2 Å². The number of carboxylic acid groups (broad SMARTS) is 1. The number of aromatic carboxylic acids is 1. The van der Waals surface area contributed by atoms with Gasteiger partial charge < -0.3 is 33.5 Å². The molecular formula is C43H47F3O12. The number of carbonyl (C=O) groups excluding carboxylic acids is 4. The van der Waals surface area contributed by atoms with E-state index in [0.29, 0.717) is 50.8 Å². The number of benzene rings is 3. The third-order valence-electron chi connectivity index (χ3n) is 8.32. The number of esters is 4. The number of halogens is 3. The fourth-order valence-corrected chi connectivity index (χ4v) is 5.27. The van der Waals surface area contributed by atoms with Gasteiger partial charge in [0, 0.05) is 18.6 Å². The van der Waals surface area contributed by atoms with Crippen molar-refractivity contribution in [2.75, 3.05) is 26.4 Å². The first-order chi connectivity index (χ1) is 27.8. The Kier molecular flexibility index (Phi) is 19.5. The number of unbranched alkanes of at least 4 members (excludes halogenated alkanes) is 6. The molecule has 0 radical (unpaired) electrons. The number of carboxylic acids is 1. The van der Waals surface area contributed by atoms with Gasteiger partial charge in [-0.3, -0.25) is 0 Å². The van der Waals surface area contributed by atoms with Gasteiger partial charge in [-0.2, -0.15) is 13.2 Å². The number of rotatable bonds is 26. The molecule has 3 aromatic carbocycles. The van der Waals surface area contributed by atoms with Gasteiger partial charge in [-0.25, -0.2) is 24.0 Å². The van der Waals surface area contributed by atoms with Gasteiger partial charge in [-0.15, -0.1) is 0 Å². The van der Waals surface area contributed by atoms with Crippen LogP contribution in [0.3, 0.4) is 0 Å². The highest BCUT2D eigenvalue weighted by Gasteiger charge is 2.27. The Balaban J connectivity index is 1.62. The second-order valence-electron chi connectivity index (χ2n) is 12.8. The maximum absolute atomic E-state index is 13.1. The van der Waals surface area contributed by atoms with E-state index in [0.717, 1.165) is 62.8 Å². The van der Waals surface area contributed by atoms with E-state index in [-0.39, 0.29) is 28.9 Å². The average molecular weight is 813 g/mol. The molecule has 0 saturated carbocycles. The van der Waals surface area contributed by atoms with E-state index in [2.05, 4.69) is 13.2 Å². The summed E-state index contributed by atoms with van der Waals surface area (Å²) in [6.45, 7) is 8.08. The van der Waals surface area contributed by atoms with Crippen molar-refractivity contribution in [2.45, 2.75) is 76.8 Å². The lowest BCUT2D eigenvalue weighted by Crippen LogP contribution is -2.15. The van der Waals surface area contributed by atoms with Gasteiger partial charge in [0.2, 0.25) is 0 Å². The van der Waals surface area contributed by atoms with Gasteiger partial charge >= 0.3 is 36.0 Å². The maximum Gasteiger partial charge on any atom is 0.389 e. The minimum absolute atomic E-state index is 0.0192. The molecule has 0 fully saturated rings. The summed E-state index contributed by atoms with van der Waals surface area (Å²) in [5.41, 5.74) is -0.434. The van der Waals surface area contributed by atoms with Crippen LogP contribution in [0.25, 0.3) is 0 Å². The SMILES string of the molecule is C=CC(=O)OCCCCCCOc1ccc(C(=O)Oc2cc(C(=O)O)c(OC(=O)c3ccc(OCCCCCCOC(=O)C=C)cc3)cc2CCCC(F)(F)F)cc1. The third-order valence-corrected chi connectivity index (χ3v) is 8.32. The Morgan fingerprint density at radius 1 is 0.586 bits per heavy atom. The average Bonchev–Trinajstić information content (AvgIpc) is 3.20. The molecule has 3 rings (SSSR count). The lowest BCUT2D eigenvalue weighted by Gasteiger charge is -2.16. The van der Waals surface area contributed by atoms with Crippen LogP contribution >= 0.6 is 0 Å². The minimum Gasteiger partial charge on any atom is -0.494 e. The molecule has 3 aromatic rings. The zero-order valence-corrected chi connectivity index (χ0v) is 32.0. The molecule has 0 atom stereocenters. The Labute approximate surface area is 334 Å². The van der Waals surface area contributed by atoms with Crippen LogP contribution in [0.2, 0.25) is 0 Å². The fourth-order valence-electron chi connectivity index (χ4n) is 5.27. The molecule has 0 spiro atoms. The summed E-state index contributed by atoms with van der Waals surface area (Å²) in [5, 5.41) is 9.98. The third kappa shape index (κ3) is 17.3. The van der Waals surface area contributed by atoms with E-state index in [1.54, 1.807) is 0 Å². The topological polar surface area (TPSA) is 161 Å². The summed E-state index contributed by atoms with van der Waals surface area (Å²) in [4.78, 5) is 60.6. The molecule has 0 amide bonds. The molecular weight excluding hydrogens is 765 g/mol. The summed E-state index contributed by atoms with van der Waals surface area (Å²) in [7, 11) is 0.